The topological polar surface area (TPSA) is 0 Å². The van der Waals surface area contributed by atoms with Crippen LogP contribution in [0.25, 0.3) is 0 Å². The van der Waals surface area contributed by atoms with Crippen molar-refractivity contribution in [3.8, 4) is 0 Å². The molecule has 0 aliphatic carbocycles. The van der Waals surface area contributed by atoms with Crippen LogP contribution in [0.2, 0.25) is 12.6 Å². The van der Waals surface area contributed by atoms with Gasteiger partial charge in [0.25, 0.3) is 0 Å². The van der Waals surface area contributed by atoms with Crippen LogP contribution in [0.1, 0.15) is 37.8 Å². The average molecular weight is 310 g/mol. The van der Waals surface area contributed by atoms with Gasteiger partial charge in [-0.05, 0) is 43.5 Å². The van der Waals surface area contributed by atoms with Crippen LogP contribution in [0.15, 0.2) is 24.3 Å². The molecule has 1 aromatic rings. The fourth-order valence-electron chi connectivity index (χ4n) is 1.87. The molecule has 1 unspecified atom stereocenters. The van der Waals surface area contributed by atoms with E-state index in [9.17, 15) is 0 Å². The first-order chi connectivity index (χ1) is 7.59. The fraction of sp³-hybridized carbons (Fsp3) is 0.538. The van der Waals surface area contributed by atoms with Gasteiger partial charge >= 0.3 is 0 Å². The lowest BCUT2D eigenvalue weighted by Crippen LogP contribution is -2.16. The van der Waals surface area contributed by atoms with E-state index in [2.05, 4.69) is 25.1 Å². The highest BCUT2D eigenvalue weighted by atomic mass is 35.7. The summed E-state index contributed by atoms with van der Waals surface area (Å²) in [6.45, 7) is 6.07. The molecule has 0 N–H and O–H groups in total. The minimum atomic E-state index is -2.05. The summed E-state index contributed by atoms with van der Waals surface area (Å²) >= 11 is 18.7. The van der Waals surface area contributed by atoms with Gasteiger partial charge in [0.1, 0.15) is 0 Å². The molecule has 1 atom stereocenters. The average Bonchev–Trinajstić information content (AvgIpc) is 2.14. The van der Waals surface area contributed by atoms with Crippen molar-refractivity contribution < 1.29 is 0 Å². The van der Waals surface area contributed by atoms with E-state index >= 15 is 0 Å². The Morgan fingerprint density at radius 3 is 2.35 bits per heavy atom. The van der Waals surface area contributed by atoms with Crippen LogP contribution in [0.5, 0.6) is 0 Å². The Morgan fingerprint density at radius 1 is 1.29 bits per heavy atom. The standard InChI is InChI=1S/C13H19Cl3Si/c1-10(9-17(4,15)16)11-6-5-7-12(8-11)13(2,3)14/h5-8,10H,9H2,1-4H3. The minimum Gasteiger partial charge on any atom is -0.146 e. The Morgan fingerprint density at radius 2 is 1.88 bits per heavy atom. The normalized spacial score (nSPS) is 14.8. The fourth-order valence-corrected chi connectivity index (χ4v) is 4.69. The molecular weight excluding hydrogens is 291 g/mol. The van der Waals surface area contributed by atoms with Crippen LogP contribution in [0, 0.1) is 0 Å². The largest absolute Gasteiger partial charge is 0.249 e. The molecule has 0 saturated carbocycles. The first-order valence-corrected chi connectivity index (χ1v) is 10.9. The molecule has 4 heteroatoms. The summed E-state index contributed by atoms with van der Waals surface area (Å²) in [5, 5.41) is 0. The Labute approximate surface area is 120 Å². The highest BCUT2D eigenvalue weighted by Crippen LogP contribution is 2.34. The van der Waals surface area contributed by atoms with Crippen molar-refractivity contribution in [2.24, 2.45) is 0 Å². The summed E-state index contributed by atoms with van der Waals surface area (Å²) in [6.07, 6.45) is 0. The lowest BCUT2D eigenvalue weighted by atomic mass is 9.95. The number of benzene rings is 1. The molecule has 0 aromatic heterocycles. The van der Waals surface area contributed by atoms with Gasteiger partial charge in [0.15, 0.2) is 0 Å². The van der Waals surface area contributed by atoms with Crippen molar-refractivity contribution in [1.29, 1.82) is 0 Å². The number of hydrogen-bond donors (Lipinski definition) is 0. The van der Waals surface area contributed by atoms with Gasteiger partial charge in [-0.2, -0.15) is 0 Å². The third kappa shape index (κ3) is 5.21. The van der Waals surface area contributed by atoms with Crippen molar-refractivity contribution in [1.82, 2.24) is 0 Å². The Balaban J connectivity index is 2.92. The molecule has 0 spiro atoms. The molecule has 1 rings (SSSR count). The van der Waals surface area contributed by atoms with Crippen molar-refractivity contribution in [2.75, 3.05) is 0 Å². The second-order valence-electron chi connectivity index (χ2n) is 5.27. The summed E-state index contributed by atoms with van der Waals surface area (Å²) in [4.78, 5) is -0.335. The molecule has 0 heterocycles. The van der Waals surface area contributed by atoms with Crippen LogP contribution >= 0.6 is 33.8 Å². The highest BCUT2D eigenvalue weighted by molar-refractivity contribution is 7.44. The predicted molar refractivity (Wildman–Crippen MR) is 81.9 cm³/mol. The molecule has 96 valence electrons. The highest BCUT2D eigenvalue weighted by Gasteiger charge is 2.25. The van der Waals surface area contributed by atoms with E-state index in [-0.39, 0.29) is 4.87 Å². The van der Waals surface area contributed by atoms with Gasteiger partial charge in [-0.3, -0.25) is 0 Å². The molecular formula is C13H19Cl3Si. The molecule has 17 heavy (non-hydrogen) atoms. The lowest BCUT2D eigenvalue weighted by molar-refractivity contribution is 0.757. The molecule has 1 aromatic carbocycles. The van der Waals surface area contributed by atoms with Crippen molar-refractivity contribution >= 4 is 40.5 Å². The van der Waals surface area contributed by atoms with Gasteiger partial charge in [0.05, 0.1) is 4.87 Å². The van der Waals surface area contributed by atoms with Crippen LogP contribution in [0.4, 0.5) is 0 Å². The molecule has 0 radical (unpaired) electrons. The number of alkyl halides is 1. The van der Waals surface area contributed by atoms with Gasteiger partial charge < -0.3 is 0 Å². The zero-order chi connectivity index (χ0) is 13.3. The summed E-state index contributed by atoms with van der Waals surface area (Å²) < 4.78 is 0. The van der Waals surface area contributed by atoms with E-state index in [1.165, 1.54) is 5.56 Å². The summed E-state index contributed by atoms with van der Waals surface area (Å²) in [5.74, 6) is 0.376. The maximum Gasteiger partial charge on any atom is 0.249 e. The molecule has 0 amide bonds. The summed E-state index contributed by atoms with van der Waals surface area (Å²) in [7, 11) is 0. The number of halogens is 3. The molecule has 0 bridgehead atoms. The van der Waals surface area contributed by atoms with Gasteiger partial charge in [-0.15, -0.1) is 33.8 Å². The van der Waals surface area contributed by atoms with Crippen LogP contribution < -0.4 is 0 Å². The first-order valence-electron chi connectivity index (χ1n) is 5.77. The van der Waals surface area contributed by atoms with E-state index in [1.807, 2.05) is 26.5 Å². The monoisotopic (exact) mass is 308 g/mol. The van der Waals surface area contributed by atoms with Gasteiger partial charge in [-0.25, -0.2) is 0 Å². The third-order valence-electron chi connectivity index (χ3n) is 2.81. The molecule has 0 aliphatic rings. The SMILES string of the molecule is CC(C[Si](C)(Cl)Cl)c1cccc(C(C)(C)Cl)c1. The molecule has 0 aliphatic heterocycles. The van der Waals surface area contributed by atoms with E-state index < -0.39 is 6.69 Å². The maximum atomic E-state index is 6.32. The quantitative estimate of drug-likeness (QED) is 0.374. The van der Waals surface area contributed by atoms with E-state index in [1.54, 1.807) is 0 Å². The first kappa shape index (κ1) is 15.4. The van der Waals surface area contributed by atoms with E-state index in [0.29, 0.717) is 5.92 Å². The number of rotatable bonds is 4. The third-order valence-corrected chi connectivity index (χ3v) is 5.28. The second kappa shape index (κ2) is 5.52. The van der Waals surface area contributed by atoms with Gasteiger partial charge in [0.2, 0.25) is 6.69 Å². The minimum absolute atomic E-state index is 0.335. The molecule has 0 nitrogen and oxygen atoms in total. The summed E-state index contributed by atoms with van der Waals surface area (Å²) in [6, 6.07) is 9.24. The molecule has 0 saturated heterocycles. The van der Waals surface area contributed by atoms with Gasteiger partial charge in [0, 0.05) is 0 Å². The van der Waals surface area contributed by atoms with Crippen molar-refractivity contribution in [2.45, 2.75) is 44.2 Å². The Bertz CT molecular complexity index is 377. The van der Waals surface area contributed by atoms with Crippen LogP contribution in [-0.2, 0) is 4.87 Å². The van der Waals surface area contributed by atoms with Crippen molar-refractivity contribution in [3.05, 3.63) is 35.4 Å². The second-order valence-corrected chi connectivity index (χ2v) is 14.4. The zero-order valence-electron chi connectivity index (χ0n) is 10.7. The van der Waals surface area contributed by atoms with E-state index in [0.717, 1.165) is 11.6 Å². The maximum absolute atomic E-state index is 6.32. The molecule has 0 fully saturated rings. The Kier molecular flexibility index (Phi) is 4.99. The van der Waals surface area contributed by atoms with Crippen LogP contribution in [-0.4, -0.2) is 6.69 Å². The van der Waals surface area contributed by atoms with E-state index in [4.69, 9.17) is 33.8 Å². The Hall–Kier alpha value is 0.307. The number of hydrogen-bond acceptors (Lipinski definition) is 0. The smallest absolute Gasteiger partial charge is 0.146 e. The van der Waals surface area contributed by atoms with Crippen LogP contribution in [0.3, 0.4) is 0 Å². The van der Waals surface area contributed by atoms with Gasteiger partial charge in [-0.1, -0.05) is 31.2 Å². The summed E-state index contributed by atoms with van der Waals surface area (Å²) in [5.41, 5.74) is 2.40. The predicted octanol–water partition coefficient (Wildman–Crippen LogP) is 5.81. The lowest BCUT2D eigenvalue weighted by Gasteiger charge is -2.21. The van der Waals surface area contributed by atoms with Crippen molar-refractivity contribution in [3.63, 3.8) is 0 Å². The zero-order valence-corrected chi connectivity index (χ0v) is 14.0.